The van der Waals surface area contributed by atoms with Gasteiger partial charge >= 0.3 is 5.97 Å². The lowest BCUT2D eigenvalue weighted by Gasteiger charge is -1.99. The van der Waals surface area contributed by atoms with Crippen LogP contribution in [0.1, 0.15) is 12.0 Å². The second-order valence-electron chi connectivity index (χ2n) is 3.14. The first kappa shape index (κ1) is 12.7. The second kappa shape index (κ2) is 6.26. The minimum absolute atomic E-state index is 0.597. The quantitative estimate of drug-likeness (QED) is 0.445. The molecule has 0 bridgehead atoms. The summed E-state index contributed by atoms with van der Waals surface area (Å²) in [6.07, 6.45) is 0.819. The van der Waals surface area contributed by atoms with Crippen LogP contribution in [0, 0.1) is 0 Å². The normalized spacial score (nSPS) is 10.2. The van der Waals surface area contributed by atoms with Gasteiger partial charge in [0.1, 0.15) is 12.2 Å². The Morgan fingerprint density at radius 3 is 2.59 bits per heavy atom. The maximum absolute atomic E-state index is 10.9. The zero-order chi connectivity index (χ0) is 12.7. The molecule has 0 radical (unpaired) electrons. The van der Waals surface area contributed by atoms with Crippen molar-refractivity contribution in [3.63, 3.8) is 0 Å². The summed E-state index contributed by atoms with van der Waals surface area (Å²) in [5, 5.41) is 12.0. The molecule has 0 aliphatic rings. The lowest BCUT2D eigenvalue weighted by atomic mass is 10.2. The predicted molar refractivity (Wildman–Crippen MR) is 61.0 cm³/mol. The molecule has 1 aromatic carbocycles. The van der Waals surface area contributed by atoms with E-state index < -0.39 is 18.3 Å². The van der Waals surface area contributed by atoms with Crippen LogP contribution in [0.15, 0.2) is 29.4 Å². The second-order valence-corrected chi connectivity index (χ2v) is 3.14. The number of hydrogen-bond acceptors (Lipinski definition) is 4. The van der Waals surface area contributed by atoms with Crippen LogP contribution < -0.4 is 10.2 Å². The van der Waals surface area contributed by atoms with Gasteiger partial charge in [-0.25, -0.2) is 5.43 Å². The maximum Gasteiger partial charge on any atom is 0.312 e. The number of amides is 1. The highest BCUT2D eigenvalue weighted by molar-refractivity contribution is 5.93. The average molecular weight is 236 g/mol. The molecule has 0 saturated heterocycles. The topological polar surface area (TPSA) is 88.0 Å². The number of benzene rings is 1. The van der Waals surface area contributed by atoms with Crippen molar-refractivity contribution < 1.29 is 19.4 Å². The Hall–Kier alpha value is -2.37. The fourth-order valence-corrected chi connectivity index (χ4v) is 1.05. The number of aliphatic carboxylic acids is 1. The summed E-state index contributed by atoms with van der Waals surface area (Å²) in [4.78, 5) is 21.1. The summed E-state index contributed by atoms with van der Waals surface area (Å²) in [6, 6.07) is 7.01. The number of carboxylic acids is 1. The van der Waals surface area contributed by atoms with Crippen molar-refractivity contribution in [3.8, 4) is 5.75 Å². The Bertz CT molecular complexity index is 426. The van der Waals surface area contributed by atoms with Crippen LogP contribution in [0.4, 0.5) is 0 Å². The fourth-order valence-electron chi connectivity index (χ4n) is 1.05. The summed E-state index contributed by atoms with van der Waals surface area (Å²) < 4.78 is 4.98. The molecule has 0 unspecified atom stereocenters. The van der Waals surface area contributed by atoms with Gasteiger partial charge in [-0.2, -0.15) is 5.10 Å². The Labute approximate surface area is 97.9 Å². The molecule has 0 heterocycles. The number of nitrogens with zero attached hydrogens (tertiary/aromatic N) is 1. The molecule has 6 nitrogen and oxygen atoms in total. The highest BCUT2D eigenvalue weighted by atomic mass is 16.5. The van der Waals surface area contributed by atoms with Gasteiger partial charge in [-0.3, -0.25) is 9.59 Å². The zero-order valence-corrected chi connectivity index (χ0v) is 9.21. The lowest BCUT2D eigenvalue weighted by molar-refractivity contribution is -0.140. The van der Waals surface area contributed by atoms with E-state index in [-0.39, 0.29) is 0 Å². The molecule has 1 aromatic rings. The third-order valence-electron chi connectivity index (χ3n) is 1.83. The van der Waals surface area contributed by atoms with Gasteiger partial charge in [0.15, 0.2) is 0 Å². The monoisotopic (exact) mass is 236 g/mol. The highest BCUT2D eigenvalue weighted by Crippen LogP contribution is 2.09. The van der Waals surface area contributed by atoms with E-state index in [4.69, 9.17) is 9.84 Å². The van der Waals surface area contributed by atoms with Crippen LogP contribution in [-0.4, -0.2) is 30.3 Å². The number of carbonyl (C=O) groups is 2. The molecule has 0 atom stereocenters. The van der Waals surface area contributed by atoms with Gasteiger partial charge in [-0.05, 0) is 29.8 Å². The summed E-state index contributed by atoms with van der Waals surface area (Å²) >= 11 is 0. The largest absolute Gasteiger partial charge is 0.497 e. The van der Waals surface area contributed by atoms with Crippen LogP contribution in [0.3, 0.4) is 0 Å². The molecule has 0 aromatic heterocycles. The summed E-state index contributed by atoms with van der Waals surface area (Å²) in [6.45, 7) is 0. The fraction of sp³-hybridized carbons (Fsp3) is 0.182. The zero-order valence-electron chi connectivity index (χ0n) is 9.21. The summed E-state index contributed by atoms with van der Waals surface area (Å²) in [5.74, 6) is -1.14. The van der Waals surface area contributed by atoms with Gasteiger partial charge in [0.25, 0.3) is 5.91 Å². The molecule has 0 spiro atoms. The van der Waals surface area contributed by atoms with Gasteiger partial charge < -0.3 is 9.84 Å². The van der Waals surface area contributed by atoms with E-state index in [1.54, 1.807) is 31.4 Å². The first-order valence-electron chi connectivity index (χ1n) is 4.79. The van der Waals surface area contributed by atoms with Gasteiger partial charge in [-0.15, -0.1) is 0 Å². The van der Waals surface area contributed by atoms with Gasteiger partial charge in [0, 0.05) is 0 Å². The molecule has 0 saturated carbocycles. The molecule has 0 aliphatic heterocycles. The van der Waals surface area contributed by atoms with Crippen molar-refractivity contribution in [3.05, 3.63) is 29.8 Å². The van der Waals surface area contributed by atoms with Crippen LogP contribution in [-0.2, 0) is 9.59 Å². The van der Waals surface area contributed by atoms with Crippen molar-refractivity contribution in [2.24, 2.45) is 5.10 Å². The maximum atomic E-state index is 10.9. The van der Waals surface area contributed by atoms with E-state index in [0.717, 1.165) is 11.3 Å². The predicted octanol–water partition coefficient (Wildman–Crippen LogP) is 0.620. The first-order valence-corrected chi connectivity index (χ1v) is 4.79. The lowest BCUT2D eigenvalue weighted by Crippen LogP contribution is -2.20. The smallest absolute Gasteiger partial charge is 0.312 e. The Morgan fingerprint density at radius 1 is 1.41 bits per heavy atom. The molecule has 6 heteroatoms. The number of hydrogen-bond donors (Lipinski definition) is 2. The van der Waals surface area contributed by atoms with Crippen molar-refractivity contribution in [2.45, 2.75) is 6.42 Å². The number of carbonyl (C=O) groups excluding carboxylic acids is 1. The standard InChI is InChI=1S/C11H12N2O4/c1-17-9-4-2-8(3-5-9)7-12-13-10(14)6-11(15)16/h2-5,7H,6H2,1H3,(H,13,14)(H,15,16)/b12-7+. The van der Waals surface area contributed by atoms with Gasteiger partial charge in [0.2, 0.25) is 0 Å². The molecule has 0 fully saturated rings. The van der Waals surface area contributed by atoms with E-state index >= 15 is 0 Å². The SMILES string of the molecule is COc1ccc(/C=N/NC(=O)CC(=O)O)cc1. The van der Waals surface area contributed by atoms with Crippen molar-refractivity contribution in [2.75, 3.05) is 7.11 Å². The number of hydrazone groups is 1. The molecule has 2 N–H and O–H groups in total. The summed E-state index contributed by atoms with van der Waals surface area (Å²) in [5.41, 5.74) is 2.87. The molecule has 1 rings (SSSR count). The minimum Gasteiger partial charge on any atom is -0.497 e. The van der Waals surface area contributed by atoms with E-state index in [9.17, 15) is 9.59 Å². The van der Waals surface area contributed by atoms with Crippen LogP contribution in [0.2, 0.25) is 0 Å². The molecule has 17 heavy (non-hydrogen) atoms. The Balaban J connectivity index is 2.47. The third-order valence-corrected chi connectivity index (χ3v) is 1.83. The van der Waals surface area contributed by atoms with Crippen molar-refractivity contribution >= 4 is 18.1 Å². The van der Waals surface area contributed by atoms with Crippen molar-refractivity contribution in [1.29, 1.82) is 0 Å². The van der Waals surface area contributed by atoms with E-state index in [2.05, 4.69) is 10.5 Å². The molecular formula is C11H12N2O4. The number of carboxylic acid groups (broad SMARTS) is 1. The average Bonchev–Trinajstić information content (AvgIpc) is 2.29. The van der Waals surface area contributed by atoms with Gasteiger partial charge in [-0.1, -0.05) is 0 Å². The minimum atomic E-state index is -1.19. The Morgan fingerprint density at radius 2 is 2.06 bits per heavy atom. The molecule has 1 amide bonds. The highest BCUT2D eigenvalue weighted by Gasteiger charge is 2.04. The number of methoxy groups -OCH3 is 1. The molecular weight excluding hydrogens is 224 g/mol. The first-order chi connectivity index (χ1) is 8.11. The molecule has 0 aliphatic carbocycles. The number of rotatable bonds is 5. The van der Waals surface area contributed by atoms with E-state index in [0.29, 0.717) is 0 Å². The number of ether oxygens (including phenoxy) is 1. The van der Waals surface area contributed by atoms with E-state index in [1.807, 2.05) is 0 Å². The van der Waals surface area contributed by atoms with Crippen LogP contribution >= 0.6 is 0 Å². The summed E-state index contributed by atoms with van der Waals surface area (Å²) in [7, 11) is 1.56. The van der Waals surface area contributed by atoms with E-state index in [1.165, 1.54) is 6.21 Å². The Kier molecular flexibility index (Phi) is 4.68. The molecule has 90 valence electrons. The van der Waals surface area contributed by atoms with Crippen molar-refractivity contribution in [1.82, 2.24) is 5.43 Å². The van der Waals surface area contributed by atoms with Crippen LogP contribution in [0.25, 0.3) is 0 Å². The third kappa shape index (κ3) is 4.78. The van der Waals surface area contributed by atoms with Gasteiger partial charge in [0.05, 0.1) is 13.3 Å². The number of nitrogens with one attached hydrogen (secondary N) is 1. The van der Waals surface area contributed by atoms with Crippen LogP contribution in [0.5, 0.6) is 5.75 Å².